The number of H-pyrrole nitrogens is 1. The van der Waals surface area contributed by atoms with Gasteiger partial charge in [-0.05, 0) is 49.4 Å². The van der Waals surface area contributed by atoms with Crippen molar-refractivity contribution in [2.45, 2.75) is 26.3 Å². The van der Waals surface area contributed by atoms with Gasteiger partial charge in [-0.15, -0.1) is 0 Å². The van der Waals surface area contributed by atoms with Crippen molar-refractivity contribution in [1.29, 1.82) is 0 Å². The summed E-state index contributed by atoms with van der Waals surface area (Å²) in [4.78, 5) is 20.7. The fourth-order valence-electron chi connectivity index (χ4n) is 3.92. The van der Waals surface area contributed by atoms with Gasteiger partial charge in [-0.1, -0.05) is 55.8 Å². The molecule has 4 N–H and O–H groups in total. The van der Waals surface area contributed by atoms with Gasteiger partial charge in [0.05, 0.1) is 17.0 Å². The van der Waals surface area contributed by atoms with E-state index in [1.54, 1.807) is 6.07 Å². The molecule has 1 heterocycles. The highest BCUT2D eigenvalue weighted by Gasteiger charge is 2.20. The molecular weight excluding hydrogens is 424 g/mol. The number of nitrogens with one attached hydrogen (secondary N) is 3. The molecule has 0 saturated carbocycles. The Bertz CT molecular complexity index is 1290. The maximum atomic E-state index is 12.7. The van der Waals surface area contributed by atoms with Crippen LogP contribution in [-0.2, 0) is 6.54 Å². The van der Waals surface area contributed by atoms with E-state index in [9.17, 15) is 9.90 Å². The predicted octanol–water partition coefficient (Wildman–Crippen LogP) is 5.29. The van der Waals surface area contributed by atoms with Crippen LogP contribution in [0.3, 0.4) is 0 Å². The van der Waals surface area contributed by atoms with E-state index in [1.165, 1.54) is 0 Å². The minimum absolute atomic E-state index is 0.0212. The molecular formula is C28H30N4O2. The van der Waals surface area contributed by atoms with Gasteiger partial charge < -0.3 is 20.7 Å². The molecule has 0 spiro atoms. The number of rotatable bonds is 9. The standard InChI is InChI=1S/C28H30N4O2/c1-3-4-16-30-27(33)21-12-15-24-23(17-21)25(28(34)32-24)26(20-8-6-5-7-9-20)31-22-13-10-19(11-14-22)18-29-2/h5-15,17,29,32,34H,3-4,16,18H2,1-2H3,(H,30,33). The molecule has 0 bridgehead atoms. The molecule has 6 nitrogen and oxygen atoms in total. The fraction of sp³-hybridized carbons (Fsp3) is 0.214. The van der Waals surface area contributed by atoms with Crippen LogP contribution in [-0.4, -0.2) is 35.3 Å². The van der Waals surface area contributed by atoms with Crippen molar-refractivity contribution < 1.29 is 9.90 Å². The van der Waals surface area contributed by atoms with Crippen molar-refractivity contribution in [1.82, 2.24) is 15.6 Å². The molecule has 1 aromatic heterocycles. The number of carbonyl (C=O) groups is 1. The van der Waals surface area contributed by atoms with Crippen LogP contribution in [0.15, 0.2) is 77.8 Å². The van der Waals surface area contributed by atoms with Crippen molar-refractivity contribution in [3.63, 3.8) is 0 Å². The number of benzene rings is 3. The number of amides is 1. The number of aromatic hydroxyl groups is 1. The second-order valence-electron chi connectivity index (χ2n) is 8.24. The highest BCUT2D eigenvalue weighted by atomic mass is 16.3. The highest BCUT2D eigenvalue weighted by molar-refractivity contribution is 6.22. The summed E-state index contributed by atoms with van der Waals surface area (Å²) in [5.41, 5.74) is 5.31. The summed E-state index contributed by atoms with van der Waals surface area (Å²) in [7, 11) is 1.91. The van der Waals surface area contributed by atoms with Crippen LogP contribution < -0.4 is 10.6 Å². The lowest BCUT2D eigenvalue weighted by atomic mass is 9.99. The average molecular weight is 455 g/mol. The smallest absolute Gasteiger partial charge is 0.251 e. The first-order valence-corrected chi connectivity index (χ1v) is 11.6. The van der Waals surface area contributed by atoms with Gasteiger partial charge in [-0.25, -0.2) is 4.99 Å². The van der Waals surface area contributed by atoms with E-state index in [0.29, 0.717) is 23.4 Å². The average Bonchev–Trinajstić information content (AvgIpc) is 3.19. The van der Waals surface area contributed by atoms with Crippen LogP contribution in [0.1, 0.15) is 46.8 Å². The Balaban J connectivity index is 1.81. The third-order valence-corrected chi connectivity index (χ3v) is 5.70. The van der Waals surface area contributed by atoms with Crippen LogP contribution in [0.2, 0.25) is 0 Å². The van der Waals surface area contributed by atoms with Gasteiger partial charge in [0.2, 0.25) is 0 Å². The monoisotopic (exact) mass is 454 g/mol. The van der Waals surface area contributed by atoms with Crippen molar-refractivity contribution in [2.75, 3.05) is 13.6 Å². The summed E-state index contributed by atoms with van der Waals surface area (Å²) in [6.45, 7) is 3.51. The molecule has 6 heteroatoms. The van der Waals surface area contributed by atoms with E-state index in [0.717, 1.165) is 47.1 Å². The van der Waals surface area contributed by atoms with Gasteiger partial charge in [-0.2, -0.15) is 0 Å². The van der Waals surface area contributed by atoms with Crippen LogP contribution in [0, 0.1) is 0 Å². The van der Waals surface area contributed by atoms with E-state index in [1.807, 2.05) is 73.8 Å². The summed E-state index contributed by atoms with van der Waals surface area (Å²) in [5, 5.41) is 17.8. The Labute approximate surface area is 199 Å². The van der Waals surface area contributed by atoms with Crippen molar-refractivity contribution >= 4 is 28.2 Å². The summed E-state index contributed by atoms with van der Waals surface area (Å²) in [6, 6.07) is 23.2. The Kier molecular flexibility index (Phi) is 7.40. The number of nitrogens with zero attached hydrogens (tertiary/aromatic N) is 1. The molecule has 0 atom stereocenters. The lowest BCUT2D eigenvalue weighted by molar-refractivity contribution is 0.0953. The van der Waals surface area contributed by atoms with Crippen molar-refractivity contribution in [3.05, 3.63) is 95.1 Å². The highest BCUT2D eigenvalue weighted by Crippen LogP contribution is 2.32. The van der Waals surface area contributed by atoms with Gasteiger partial charge in [-0.3, -0.25) is 4.79 Å². The van der Waals surface area contributed by atoms with Gasteiger partial charge in [0.15, 0.2) is 5.88 Å². The molecule has 0 radical (unpaired) electrons. The lowest BCUT2D eigenvalue weighted by Gasteiger charge is -2.09. The summed E-state index contributed by atoms with van der Waals surface area (Å²) >= 11 is 0. The number of unbranched alkanes of at least 4 members (excludes halogenated alkanes) is 1. The van der Waals surface area contributed by atoms with E-state index in [4.69, 9.17) is 4.99 Å². The zero-order valence-electron chi connectivity index (χ0n) is 19.6. The topological polar surface area (TPSA) is 89.5 Å². The normalized spacial score (nSPS) is 11.6. The molecule has 0 fully saturated rings. The Hall–Kier alpha value is -3.90. The fourth-order valence-corrected chi connectivity index (χ4v) is 3.92. The first-order chi connectivity index (χ1) is 16.6. The van der Waals surface area contributed by atoms with E-state index in [-0.39, 0.29) is 11.8 Å². The third-order valence-electron chi connectivity index (χ3n) is 5.70. The molecule has 34 heavy (non-hydrogen) atoms. The Morgan fingerprint density at radius 3 is 2.47 bits per heavy atom. The minimum Gasteiger partial charge on any atom is -0.494 e. The van der Waals surface area contributed by atoms with Gasteiger partial charge in [0.1, 0.15) is 0 Å². The zero-order valence-corrected chi connectivity index (χ0v) is 19.6. The first kappa shape index (κ1) is 23.3. The van der Waals surface area contributed by atoms with Gasteiger partial charge in [0.25, 0.3) is 5.91 Å². The molecule has 3 aromatic carbocycles. The zero-order chi connectivity index (χ0) is 23.9. The van der Waals surface area contributed by atoms with Crippen molar-refractivity contribution in [2.24, 2.45) is 4.99 Å². The maximum absolute atomic E-state index is 12.7. The van der Waals surface area contributed by atoms with Crippen LogP contribution >= 0.6 is 0 Å². The number of hydrogen-bond donors (Lipinski definition) is 4. The largest absolute Gasteiger partial charge is 0.494 e. The second-order valence-corrected chi connectivity index (χ2v) is 8.24. The van der Waals surface area contributed by atoms with E-state index >= 15 is 0 Å². The van der Waals surface area contributed by atoms with Crippen LogP contribution in [0.25, 0.3) is 10.9 Å². The van der Waals surface area contributed by atoms with Crippen LogP contribution in [0.5, 0.6) is 5.88 Å². The quantitative estimate of drug-likeness (QED) is 0.205. The lowest BCUT2D eigenvalue weighted by Crippen LogP contribution is -2.24. The van der Waals surface area contributed by atoms with Crippen LogP contribution in [0.4, 0.5) is 5.69 Å². The third kappa shape index (κ3) is 5.18. The predicted molar refractivity (Wildman–Crippen MR) is 138 cm³/mol. The second kappa shape index (κ2) is 10.8. The number of aliphatic imine (C=N–C) groups is 1. The molecule has 0 aliphatic rings. The molecule has 0 saturated heterocycles. The minimum atomic E-state index is -0.125. The summed E-state index contributed by atoms with van der Waals surface area (Å²) < 4.78 is 0. The van der Waals surface area contributed by atoms with Crippen molar-refractivity contribution in [3.8, 4) is 5.88 Å². The number of fused-ring (bicyclic) bond motifs is 1. The molecule has 1 amide bonds. The number of carbonyl (C=O) groups excluding carboxylic acids is 1. The first-order valence-electron chi connectivity index (χ1n) is 11.6. The molecule has 4 aromatic rings. The molecule has 4 rings (SSSR count). The Morgan fingerprint density at radius 1 is 1.00 bits per heavy atom. The molecule has 0 aliphatic carbocycles. The number of aromatic nitrogens is 1. The molecule has 0 unspecified atom stereocenters. The summed E-state index contributed by atoms with van der Waals surface area (Å²) in [6.07, 6.45) is 1.95. The number of hydrogen-bond acceptors (Lipinski definition) is 4. The van der Waals surface area contributed by atoms with Gasteiger partial charge >= 0.3 is 0 Å². The Morgan fingerprint density at radius 2 is 1.76 bits per heavy atom. The SMILES string of the molecule is CCCCNC(=O)c1ccc2[nH]c(O)c(C(=Nc3ccc(CNC)cc3)c3ccccc3)c2c1. The maximum Gasteiger partial charge on any atom is 0.251 e. The van der Waals surface area contributed by atoms with E-state index in [2.05, 4.69) is 22.5 Å². The molecule has 174 valence electrons. The van der Waals surface area contributed by atoms with E-state index < -0.39 is 0 Å². The number of aromatic amines is 1. The summed E-state index contributed by atoms with van der Waals surface area (Å²) in [5.74, 6) is -0.103. The van der Waals surface area contributed by atoms with Gasteiger partial charge in [0, 0.05) is 35.1 Å². The molecule has 0 aliphatic heterocycles.